The first-order valence-electron chi connectivity index (χ1n) is 6.18. The summed E-state index contributed by atoms with van der Waals surface area (Å²) in [5, 5.41) is 8.97. The fourth-order valence-electron chi connectivity index (χ4n) is 2.13. The van der Waals surface area contributed by atoms with Crippen LogP contribution in [0.4, 0.5) is 8.78 Å². The van der Waals surface area contributed by atoms with Crippen LogP contribution < -0.4 is 0 Å². The van der Waals surface area contributed by atoms with Crippen molar-refractivity contribution in [2.24, 2.45) is 0 Å². The number of fused-ring (bicyclic) bond motifs is 1. The van der Waals surface area contributed by atoms with E-state index >= 15 is 0 Å². The normalized spacial score (nSPS) is 11.2. The predicted molar refractivity (Wildman–Crippen MR) is 84.2 cm³/mol. The molecule has 0 aliphatic heterocycles. The van der Waals surface area contributed by atoms with Crippen molar-refractivity contribution in [3.8, 4) is 11.3 Å². The van der Waals surface area contributed by atoms with Gasteiger partial charge in [0, 0.05) is 21.2 Å². The van der Waals surface area contributed by atoms with Gasteiger partial charge in [-0.1, -0.05) is 60.4 Å². The highest BCUT2D eigenvalue weighted by atomic mass is 32.2. The van der Waals surface area contributed by atoms with Crippen molar-refractivity contribution in [3.63, 3.8) is 0 Å². The zero-order valence-electron chi connectivity index (χ0n) is 10.7. The molecule has 2 nitrogen and oxygen atoms in total. The maximum Gasteiger partial charge on any atom is 0.288 e. The zero-order valence-corrected chi connectivity index (χ0v) is 12.3. The monoisotopic (exact) mass is 320 g/mol. The fourth-order valence-corrected chi connectivity index (χ4v) is 2.85. The molecule has 3 rings (SSSR count). The smallest absolute Gasteiger partial charge is 0.267 e. The number of H-pyrrole nitrogens is 1. The quantitative estimate of drug-likeness (QED) is 0.526. The van der Waals surface area contributed by atoms with E-state index in [-0.39, 0.29) is 0 Å². The van der Waals surface area contributed by atoms with Crippen molar-refractivity contribution in [2.45, 2.75) is 10.7 Å². The van der Waals surface area contributed by atoms with E-state index in [0.29, 0.717) is 21.3 Å². The highest BCUT2D eigenvalue weighted by molar-refractivity contribution is 7.99. The summed E-state index contributed by atoms with van der Waals surface area (Å²) < 4.78 is 25.2. The number of nitrogens with zero attached hydrogens (tertiary/aromatic N) is 1. The fraction of sp³-hybridized carbons (Fsp3) is 0.0667. The van der Waals surface area contributed by atoms with Crippen molar-refractivity contribution >= 4 is 34.8 Å². The topological polar surface area (TPSA) is 28.7 Å². The second-order valence-electron chi connectivity index (χ2n) is 4.35. The van der Waals surface area contributed by atoms with Crippen LogP contribution in [0.2, 0.25) is 0 Å². The van der Waals surface area contributed by atoms with Crippen LogP contribution in [0.1, 0.15) is 0 Å². The Bertz CT molecular complexity index is 829. The van der Waals surface area contributed by atoms with E-state index in [0.717, 1.165) is 22.0 Å². The van der Waals surface area contributed by atoms with Gasteiger partial charge in [0.1, 0.15) is 4.64 Å². The summed E-state index contributed by atoms with van der Waals surface area (Å²) in [6, 6.07) is 14.6. The number of nitrogens with one attached hydrogen (secondary N) is 1. The van der Waals surface area contributed by atoms with E-state index in [4.69, 9.17) is 12.2 Å². The van der Waals surface area contributed by atoms with Crippen LogP contribution in [0.5, 0.6) is 0 Å². The molecule has 2 aromatic carbocycles. The number of aromatic nitrogens is 2. The first-order chi connectivity index (χ1) is 10.1. The number of aromatic amines is 1. The highest BCUT2D eigenvalue weighted by Crippen LogP contribution is 2.30. The van der Waals surface area contributed by atoms with E-state index in [1.807, 2.05) is 24.3 Å². The van der Waals surface area contributed by atoms with Crippen LogP contribution >= 0.6 is 24.0 Å². The van der Waals surface area contributed by atoms with Crippen LogP contribution in [0.3, 0.4) is 0 Å². The van der Waals surface area contributed by atoms with Crippen LogP contribution in [0.25, 0.3) is 22.0 Å². The van der Waals surface area contributed by atoms with Gasteiger partial charge in [0.05, 0.1) is 5.69 Å². The van der Waals surface area contributed by atoms with Crippen LogP contribution in [0, 0.1) is 4.64 Å². The third kappa shape index (κ3) is 2.96. The summed E-state index contributed by atoms with van der Waals surface area (Å²) >= 11 is 5.76. The highest BCUT2D eigenvalue weighted by Gasteiger charge is 2.09. The summed E-state index contributed by atoms with van der Waals surface area (Å²) in [5.41, 5.74) is 1.61. The molecule has 0 unspecified atom stereocenters. The van der Waals surface area contributed by atoms with Crippen molar-refractivity contribution in [1.82, 2.24) is 10.2 Å². The Labute approximate surface area is 129 Å². The minimum atomic E-state index is -2.41. The molecule has 0 spiro atoms. The van der Waals surface area contributed by atoms with E-state index in [1.165, 1.54) is 0 Å². The van der Waals surface area contributed by atoms with E-state index in [9.17, 15) is 8.78 Å². The third-order valence-corrected chi connectivity index (χ3v) is 4.08. The number of alkyl halides is 2. The van der Waals surface area contributed by atoms with Gasteiger partial charge in [-0.15, -0.1) is 0 Å². The first-order valence-corrected chi connectivity index (χ1v) is 7.46. The van der Waals surface area contributed by atoms with Crippen molar-refractivity contribution in [2.75, 3.05) is 0 Å². The molecule has 0 amide bonds. The largest absolute Gasteiger partial charge is 0.288 e. The Balaban J connectivity index is 2.08. The van der Waals surface area contributed by atoms with Crippen LogP contribution in [-0.2, 0) is 0 Å². The van der Waals surface area contributed by atoms with Gasteiger partial charge >= 0.3 is 0 Å². The van der Waals surface area contributed by atoms with E-state index in [1.54, 1.807) is 24.3 Å². The summed E-state index contributed by atoms with van der Waals surface area (Å²) in [4.78, 5) is 0.530. The second kappa shape index (κ2) is 5.91. The van der Waals surface area contributed by atoms with E-state index in [2.05, 4.69) is 10.2 Å². The average Bonchev–Trinajstić information content (AvgIpc) is 2.48. The van der Waals surface area contributed by atoms with Gasteiger partial charge in [-0.3, -0.25) is 5.10 Å². The van der Waals surface area contributed by atoms with Crippen LogP contribution in [-0.4, -0.2) is 16.0 Å². The summed E-state index contributed by atoms with van der Waals surface area (Å²) in [7, 11) is 0. The standard InChI is InChI=1S/C15H10F2N2S2/c16-15(17)21-10-7-5-9(6-8-10)13-11-3-1-2-4-12(11)14(20)19-18-13/h1-8,15H,(H,19,20). The first kappa shape index (κ1) is 14.2. The molecule has 0 saturated carbocycles. The Hall–Kier alpha value is -1.79. The minimum Gasteiger partial charge on any atom is -0.267 e. The third-order valence-electron chi connectivity index (χ3n) is 3.05. The lowest BCUT2D eigenvalue weighted by Crippen LogP contribution is -1.91. The Morgan fingerprint density at radius 2 is 1.67 bits per heavy atom. The van der Waals surface area contributed by atoms with Gasteiger partial charge in [0.25, 0.3) is 5.76 Å². The molecule has 0 radical (unpaired) electrons. The lowest BCUT2D eigenvalue weighted by molar-refractivity contribution is 0.252. The van der Waals surface area contributed by atoms with Crippen molar-refractivity contribution in [1.29, 1.82) is 0 Å². The molecule has 1 aromatic heterocycles. The molecule has 0 aliphatic carbocycles. The maximum atomic E-state index is 12.3. The summed E-state index contributed by atoms with van der Waals surface area (Å²) in [6.45, 7) is 0. The van der Waals surface area contributed by atoms with Gasteiger partial charge < -0.3 is 0 Å². The number of hydrogen-bond acceptors (Lipinski definition) is 3. The molecular formula is C15H10F2N2S2. The lowest BCUT2D eigenvalue weighted by Gasteiger charge is -2.07. The number of halogens is 2. The molecule has 0 bridgehead atoms. The van der Waals surface area contributed by atoms with Crippen molar-refractivity contribution < 1.29 is 8.78 Å². The minimum absolute atomic E-state index is 0.530. The van der Waals surface area contributed by atoms with Crippen molar-refractivity contribution in [3.05, 3.63) is 53.2 Å². The Kier molecular flexibility index (Phi) is 3.98. The van der Waals surface area contributed by atoms with Gasteiger partial charge in [0.2, 0.25) is 0 Å². The molecule has 3 aromatic rings. The Morgan fingerprint density at radius 1 is 1.00 bits per heavy atom. The SMILES string of the molecule is FC(F)Sc1ccc(-c2n[nH]c(=S)c3ccccc23)cc1. The number of hydrogen-bond donors (Lipinski definition) is 1. The predicted octanol–water partition coefficient (Wildman–Crippen LogP) is 5.27. The number of rotatable bonds is 3. The number of benzene rings is 2. The Morgan fingerprint density at radius 3 is 2.33 bits per heavy atom. The molecule has 1 N–H and O–H groups in total. The molecule has 1 heterocycles. The summed E-state index contributed by atoms with van der Waals surface area (Å²) in [6.07, 6.45) is 0. The number of thioether (sulfide) groups is 1. The molecule has 21 heavy (non-hydrogen) atoms. The molecule has 0 aliphatic rings. The molecular weight excluding hydrogens is 310 g/mol. The molecule has 0 atom stereocenters. The van der Waals surface area contributed by atoms with Gasteiger partial charge in [-0.2, -0.15) is 13.9 Å². The van der Waals surface area contributed by atoms with E-state index < -0.39 is 5.76 Å². The lowest BCUT2D eigenvalue weighted by atomic mass is 10.1. The summed E-state index contributed by atoms with van der Waals surface area (Å²) in [5.74, 6) is -2.41. The van der Waals surface area contributed by atoms with Gasteiger partial charge in [-0.05, 0) is 12.1 Å². The molecule has 0 saturated heterocycles. The maximum absolute atomic E-state index is 12.3. The van der Waals surface area contributed by atoms with Crippen LogP contribution in [0.15, 0.2) is 53.4 Å². The van der Waals surface area contributed by atoms with Gasteiger partial charge in [0.15, 0.2) is 0 Å². The second-order valence-corrected chi connectivity index (χ2v) is 5.82. The molecule has 6 heteroatoms. The molecule has 106 valence electrons. The molecule has 0 fully saturated rings. The zero-order chi connectivity index (χ0) is 14.8. The average molecular weight is 320 g/mol. The van der Waals surface area contributed by atoms with Gasteiger partial charge in [-0.25, -0.2) is 0 Å².